The van der Waals surface area contributed by atoms with Crippen LogP contribution in [0.2, 0.25) is 0 Å². The van der Waals surface area contributed by atoms with Crippen molar-refractivity contribution in [1.82, 2.24) is 10.0 Å². The van der Waals surface area contributed by atoms with Crippen LogP contribution in [0, 0.1) is 5.82 Å². The van der Waals surface area contributed by atoms with Crippen LogP contribution >= 0.6 is 0 Å². The number of hydroxylamine groups is 1. The maximum absolute atomic E-state index is 13.3. The first-order chi connectivity index (χ1) is 9.61. The summed E-state index contributed by atoms with van der Waals surface area (Å²) in [5.41, 5.74) is 2.12. The van der Waals surface area contributed by atoms with Gasteiger partial charge < -0.3 is 4.57 Å². The Morgan fingerprint density at radius 1 is 1.40 bits per heavy atom. The molecule has 0 saturated heterocycles. The summed E-state index contributed by atoms with van der Waals surface area (Å²) in [4.78, 5) is 29.1. The zero-order chi connectivity index (χ0) is 14.3. The van der Waals surface area contributed by atoms with Crippen LogP contribution < -0.4 is 11.0 Å². The second-order valence-electron chi connectivity index (χ2n) is 4.80. The lowest BCUT2D eigenvalue weighted by Gasteiger charge is -2.13. The van der Waals surface area contributed by atoms with E-state index in [1.807, 2.05) is 0 Å². The van der Waals surface area contributed by atoms with Crippen LogP contribution in [0.15, 0.2) is 29.1 Å². The van der Waals surface area contributed by atoms with E-state index in [2.05, 4.69) is 10.3 Å². The number of carbonyl (C=O) groups is 1. The predicted molar refractivity (Wildman–Crippen MR) is 70.9 cm³/mol. The number of amides is 1. The average molecular weight is 276 g/mol. The lowest BCUT2D eigenvalue weighted by Crippen LogP contribution is -2.31. The fourth-order valence-electron chi connectivity index (χ4n) is 2.32. The van der Waals surface area contributed by atoms with Crippen LogP contribution in [0.25, 0.3) is 10.8 Å². The molecule has 0 spiro atoms. The summed E-state index contributed by atoms with van der Waals surface area (Å²) in [5, 5.41) is 0.820. The van der Waals surface area contributed by atoms with Gasteiger partial charge in [0.25, 0.3) is 11.5 Å². The molecule has 104 valence electrons. The summed E-state index contributed by atoms with van der Waals surface area (Å²) in [7, 11) is 1.32. The van der Waals surface area contributed by atoms with Crippen molar-refractivity contribution in [1.29, 1.82) is 0 Å². The molecule has 6 heteroatoms. The largest absolute Gasteiger partial charge is 0.300 e. The second-order valence-corrected chi connectivity index (χ2v) is 4.80. The van der Waals surface area contributed by atoms with Gasteiger partial charge in [0.15, 0.2) is 0 Å². The first-order valence-electron chi connectivity index (χ1n) is 6.30. The summed E-state index contributed by atoms with van der Waals surface area (Å²) >= 11 is 0. The van der Waals surface area contributed by atoms with Gasteiger partial charge in [0.2, 0.25) is 0 Å². The molecule has 2 aromatic rings. The van der Waals surface area contributed by atoms with Gasteiger partial charge in [-0.2, -0.15) is 0 Å². The number of hydrogen-bond acceptors (Lipinski definition) is 3. The number of nitrogens with one attached hydrogen (secondary N) is 1. The Kier molecular flexibility index (Phi) is 3.02. The number of halogens is 1. The molecule has 3 rings (SSSR count). The molecule has 0 bridgehead atoms. The Morgan fingerprint density at radius 2 is 2.15 bits per heavy atom. The van der Waals surface area contributed by atoms with Crippen molar-refractivity contribution in [2.75, 3.05) is 7.11 Å². The van der Waals surface area contributed by atoms with E-state index in [1.54, 1.807) is 0 Å². The van der Waals surface area contributed by atoms with E-state index in [9.17, 15) is 14.0 Å². The zero-order valence-corrected chi connectivity index (χ0v) is 10.9. The average Bonchev–Trinajstić information content (AvgIpc) is 3.22. The highest BCUT2D eigenvalue weighted by atomic mass is 19.1. The first kappa shape index (κ1) is 12.8. The molecule has 5 nitrogen and oxygen atoms in total. The van der Waals surface area contributed by atoms with Crippen LogP contribution in [0.5, 0.6) is 0 Å². The smallest absolute Gasteiger partial charge is 0.291 e. The molecule has 1 aliphatic rings. The van der Waals surface area contributed by atoms with Gasteiger partial charge in [0, 0.05) is 11.4 Å². The van der Waals surface area contributed by atoms with Gasteiger partial charge in [0.05, 0.1) is 7.11 Å². The highest BCUT2D eigenvalue weighted by molar-refractivity contribution is 5.96. The minimum atomic E-state index is -0.511. The van der Waals surface area contributed by atoms with E-state index < -0.39 is 11.7 Å². The van der Waals surface area contributed by atoms with E-state index in [1.165, 1.54) is 35.9 Å². The van der Waals surface area contributed by atoms with E-state index in [4.69, 9.17) is 0 Å². The first-order valence-corrected chi connectivity index (χ1v) is 6.30. The summed E-state index contributed by atoms with van der Waals surface area (Å²) in [6.07, 6.45) is 1.72. The highest BCUT2D eigenvalue weighted by Gasteiger charge is 2.29. The topological polar surface area (TPSA) is 60.3 Å². The van der Waals surface area contributed by atoms with Crippen molar-refractivity contribution < 1.29 is 14.0 Å². The summed E-state index contributed by atoms with van der Waals surface area (Å²) in [6.45, 7) is 0. The Bertz CT molecular complexity index is 750. The molecule has 0 unspecified atom stereocenters. The molecule has 0 atom stereocenters. The molecule has 1 fully saturated rings. The Hall–Kier alpha value is -2.21. The fourth-order valence-corrected chi connectivity index (χ4v) is 2.32. The van der Waals surface area contributed by atoms with Crippen LogP contribution in [-0.4, -0.2) is 17.6 Å². The third kappa shape index (κ3) is 2.08. The number of rotatable bonds is 3. The third-order valence-corrected chi connectivity index (χ3v) is 3.35. The van der Waals surface area contributed by atoms with Crippen molar-refractivity contribution in [3.63, 3.8) is 0 Å². The molecule has 1 aliphatic carbocycles. The van der Waals surface area contributed by atoms with Crippen molar-refractivity contribution in [3.8, 4) is 0 Å². The molecule has 1 N–H and O–H groups in total. The third-order valence-electron chi connectivity index (χ3n) is 3.35. The summed E-state index contributed by atoms with van der Waals surface area (Å²) in [6, 6.07) is 5.50. The number of benzene rings is 1. The van der Waals surface area contributed by atoms with Crippen LogP contribution in [-0.2, 0) is 4.84 Å². The maximum Gasteiger partial charge on any atom is 0.291 e. The Balaban J connectivity index is 2.28. The molecule has 0 aliphatic heterocycles. The van der Waals surface area contributed by atoms with E-state index >= 15 is 0 Å². The molecular formula is C14H13FN2O3. The highest BCUT2D eigenvalue weighted by Crippen LogP contribution is 2.35. The van der Waals surface area contributed by atoms with E-state index in [0.29, 0.717) is 10.8 Å². The standard InChI is InChI=1S/C14H13FN2O3/c1-20-16-13(18)12-7-8-6-9(15)2-5-11(8)14(19)17(12)10-3-4-10/h2,5-7,10H,3-4H2,1H3,(H,16,18). The second kappa shape index (κ2) is 4.72. The number of nitrogens with zero attached hydrogens (tertiary/aromatic N) is 1. The minimum absolute atomic E-state index is 0.0366. The molecule has 0 radical (unpaired) electrons. The van der Waals surface area contributed by atoms with Gasteiger partial charge in [0.1, 0.15) is 11.5 Å². The van der Waals surface area contributed by atoms with Crippen LogP contribution in [0.4, 0.5) is 4.39 Å². The summed E-state index contributed by atoms with van der Waals surface area (Å²) < 4.78 is 14.8. The molecule has 1 aromatic heterocycles. The van der Waals surface area contributed by atoms with Gasteiger partial charge in [-0.25, -0.2) is 9.87 Å². The lowest BCUT2D eigenvalue weighted by atomic mass is 10.1. The Morgan fingerprint density at radius 3 is 2.80 bits per heavy atom. The fraction of sp³-hybridized carbons (Fsp3) is 0.286. The summed E-state index contributed by atoms with van der Waals surface area (Å²) in [5.74, 6) is -0.957. The van der Waals surface area contributed by atoms with Crippen molar-refractivity contribution in [2.24, 2.45) is 0 Å². The SMILES string of the molecule is CONC(=O)c1cc2cc(F)ccc2c(=O)n1C1CC1. The molecule has 1 saturated carbocycles. The van der Waals surface area contributed by atoms with Gasteiger partial charge in [-0.15, -0.1) is 0 Å². The number of fused-ring (bicyclic) bond motifs is 1. The maximum atomic E-state index is 13.3. The minimum Gasteiger partial charge on any atom is -0.300 e. The van der Waals surface area contributed by atoms with Crippen molar-refractivity contribution in [3.05, 3.63) is 46.1 Å². The molecular weight excluding hydrogens is 263 g/mol. The Labute approximate surface area is 113 Å². The van der Waals surface area contributed by atoms with Crippen LogP contribution in [0.1, 0.15) is 29.4 Å². The van der Waals surface area contributed by atoms with Crippen LogP contribution in [0.3, 0.4) is 0 Å². The molecule has 1 heterocycles. The number of hydrogen-bond donors (Lipinski definition) is 1. The van der Waals surface area contributed by atoms with E-state index in [-0.39, 0.29) is 17.3 Å². The molecule has 20 heavy (non-hydrogen) atoms. The van der Waals surface area contributed by atoms with Gasteiger partial charge in [-0.3, -0.25) is 14.4 Å². The number of pyridine rings is 1. The number of carbonyl (C=O) groups excluding carboxylic acids is 1. The molecule has 1 aromatic carbocycles. The van der Waals surface area contributed by atoms with Gasteiger partial charge in [-0.1, -0.05) is 0 Å². The quantitative estimate of drug-likeness (QED) is 0.869. The normalized spacial score (nSPS) is 14.5. The van der Waals surface area contributed by atoms with E-state index in [0.717, 1.165) is 12.8 Å². The van der Waals surface area contributed by atoms with Crippen molar-refractivity contribution in [2.45, 2.75) is 18.9 Å². The monoisotopic (exact) mass is 276 g/mol. The van der Waals surface area contributed by atoms with Gasteiger partial charge >= 0.3 is 0 Å². The predicted octanol–water partition coefficient (Wildman–Crippen LogP) is 1.77. The zero-order valence-electron chi connectivity index (χ0n) is 10.9. The number of aromatic nitrogens is 1. The van der Waals surface area contributed by atoms with Crippen molar-refractivity contribution >= 4 is 16.7 Å². The lowest BCUT2D eigenvalue weighted by molar-refractivity contribution is 0.0526. The van der Waals surface area contributed by atoms with Gasteiger partial charge in [-0.05, 0) is 42.5 Å². The molecule has 1 amide bonds.